The number of guanidine groups is 1. The van der Waals surface area contributed by atoms with Crippen LogP contribution in [0.25, 0.3) is 0 Å². The molecule has 0 fully saturated rings. The summed E-state index contributed by atoms with van der Waals surface area (Å²) in [7, 11) is 0. The van der Waals surface area contributed by atoms with Crippen LogP contribution in [0.1, 0.15) is 19.4 Å². The van der Waals surface area contributed by atoms with Gasteiger partial charge in [-0.3, -0.25) is 4.99 Å². The number of terminal acetylenes is 1. The van der Waals surface area contributed by atoms with E-state index < -0.39 is 0 Å². The third-order valence-corrected chi connectivity index (χ3v) is 3.09. The number of rotatable bonds is 7. The Morgan fingerprint density at radius 3 is 2.68 bits per heavy atom. The molecule has 122 valence electrons. The zero-order valence-electron chi connectivity index (χ0n) is 13.7. The van der Waals surface area contributed by atoms with E-state index in [0.717, 1.165) is 32.1 Å². The Balaban J connectivity index is 0.00000441. The lowest BCUT2D eigenvalue weighted by Crippen LogP contribution is -2.38. The molecule has 0 aliphatic carbocycles. The highest BCUT2D eigenvalue weighted by molar-refractivity contribution is 14.0. The van der Waals surface area contributed by atoms with E-state index in [0.29, 0.717) is 6.54 Å². The Kier molecular flexibility index (Phi) is 11.4. The molecule has 1 aromatic carbocycles. The Bertz CT molecular complexity index is 494. The monoisotopic (exact) mass is 414 g/mol. The Labute approximate surface area is 151 Å². The molecule has 1 rings (SSSR count). The van der Waals surface area contributed by atoms with Crippen molar-refractivity contribution in [3.05, 3.63) is 29.8 Å². The first-order chi connectivity index (χ1) is 10.2. The zero-order chi connectivity index (χ0) is 15.5. The van der Waals surface area contributed by atoms with Crippen molar-refractivity contribution >= 4 is 35.6 Å². The molecule has 0 aliphatic rings. The quantitative estimate of drug-likeness (QED) is 0.312. The van der Waals surface area contributed by atoms with Gasteiger partial charge in [-0.25, -0.2) is 0 Å². The predicted octanol–water partition coefficient (Wildman–Crippen LogP) is 2.63. The third-order valence-electron chi connectivity index (χ3n) is 3.09. The average Bonchev–Trinajstić information content (AvgIpc) is 2.49. The average molecular weight is 414 g/mol. The lowest BCUT2D eigenvalue weighted by atomic mass is 10.2. The van der Waals surface area contributed by atoms with Gasteiger partial charge in [-0.05, 0) is 38.5 Å². The number of aliphatic imine (C=N–C) groups is 1. The van der Waals surface area contributed by atoms with Gasteiger partial charge < -0.3 is 15.5 Å². The number of hydrogen-bond donors (Lipinski definition) is 2. The third kappa shape index (κ3) is 7.55. The molecule has 0 radical (unpaired) electrons. The van der Waals surface area contributed by atoms with Crippen LogP contribution in [-0.2, 0) is 0 Å². The van der Waals surface area contributed by atoms with Crippen molar-refractivity contribution in [1.82, 2.24) is 10.6 Å². The molecule has 2 N–H and O–H groups in total. The lowest BCUT2D eigenvalue weighted by molar-refractivity contribution is 0.799. The molecule has 0 aromatic heterocycles. The molecule has 0 spiro atoms. The van der Waals surface area contributed by atoms with Gasteiger partial charge in [-0.1, -0.05) is 18.1 Å². The van der Waals surface area contributed by atoms with Crippen LogP contribution in [0.4, 0.5) is 5.69 Å². The van der Waals surface area contributed by atoms with Crippen molar-refractivity contribution in [2.75, 3.05) is 37.6 Å². The molecule has 0 saturated carbocycles. The van der Waals surface area contributed by atoms with Crippen LogP contribution in [0, 0.1) is 19.3 Å². The minimum absolute atomic E-state index is 0. The maximum absolute atomic E-state index is 5.26. The highest BCUT2D eigenvalue weighted by atomic mass is 127. The second-order valence-electron chi connectivity index (χ2n) is 4.74. The van der Waals surface area contributed by atoms with Crippen molar-refractivity contribution in [3.8, 4) is 12.3 Å². The van der Waals surface area contributed by atoms with E-state index in [9.17, 15) is 0 Å². The van der Waals surface area contributed by atoms with Crippen LogP contribution in [0.5, 0.6) is 0 Å². The molecule has 0 unspecified atom stereocenters. The van der Waals surface area contributed by atoms with E-state index in [1.54, 1.807) is 0 Å². The molecule has 1 aromatic rings. The summed E-state index contributed by atoms with van der Waals surface area (Å²) in [6, 6.07) is 8.55. The van der Waals surface area contributed by atoms with Gasteiger partial charge in [0, 0.05) is 25.3 Å². The van der Waals surface area contributed by atoms with Gasteiger partial charge in [0.1, 0.15) is 0 Å². The highest BCUT2D eigenvalue weighted by Crippen LogP contribution is 2.15. The molecule has 0 bridgehead atoms. The number of nitrogens with one attached hydrogen (secondary N) is 2. The minimum atomic E-state index is 0. The fourth-order valence-electron chi connectivity index (χ4n) is 2.05. The number of likely N-dealkylation sites (N-methyl/N-ethyl adjacent to an activating group) is 1. The summed E-state index contributed by atoms with van der Waals surface area (Å²) in [6.45, 7) is 10.2. The molecule has 0 atom stereocenters. The number of nitrogens with zero attached hydrogens (tertiary/aromatic N) is 2. The van der Waals surface area contributed by atoms with Gasteiger partial charge >= 0.3 is 0 Å². The second kappa shape index (κ2) is 12.2. The fourth-order valence-corrected chi connectivity index (χ4v) is 2.05. The second-order valence-corrected chi connectivity index (χ2v) is 4.74. The molecule has 22 heavy (non-hydrogen) atoms. The SMILES string of the molecule is C#CCNC(=NCCN(CC)c1cccc(C)c1)NCC.I. The number of aryl methyl sites for hydroxylation is 1. The van der Waals surface area contributed by atoms with Crippen LogP contribution in [0.15, 0.2) is 29.3 Å². The summed E-state index contributed by atoms with van der Waals surface area (Å²) >= 11 is 0. The zero-order valence-corrected chi connectivity index (χ0v) is 16.1. The molecule has 4 nitrogen and oxygen atoms in total. The van der Waals surface area contributed by atoms with Gasteiger partial charge in [0.25, 0.3) is 0 Å². The van der Waals surface area contributed by atoms with E-state index in [-0.39, 0.29) is 24.0 Å². The van der Waals surface area contributed by atoms with Crippen LogP contribution in [0.3, 0.4) is 0 Å². The first-order valence-electron chi connectivity index (χ1n) is 7.48. The maximum Gasteiger partial charge on any atom is 0.192 e. The first-order valence-corrected chi connectivity index (χ1v) is 7.48. The number of hydrogen-bond acceptors (Lipinski definition) is 2. The van der Waals surface area contributed by atoms with Gasteiger partial charge in [0.15, 0.2) is 5.96 Å². The summed E-state index contributed by atoms with van der Waals surface area (Å²) in [4.78, 5) is 6.86. The Hall–Kier alpha value is -1.42. The highest BCUT2D eigenvalue weighted by Gasteiger charge is 2.04. The van der Waals surface area contributed by atoms with E-state index in [4.69, 9.17) is 6.42 Å². The van der Waals surface area contributed by atoms with Gasteiger partial charge in [-0.15, -0.1) is 30.4 Å². The maximum atomic E-state index is 5.26. The molecular formula is C17H27IN4. The topological polar surface area (TPSA) is 39.7 Å². The van der Waals surface area contributed by atoms with Crippen LogP contribution < -0.4 is 15.5 Å². The predicted molar refractivity (Wildman–Crippen MR) is 107 cm³/mol. The van der Waals surface area contributed by atoms with E-state index in [1.807, 2.05) is 6.92 Å². The van der Waals surface area contributed by atoms with Crippen LogP contribution >= 0.6 is 24.0 Å². The fraction of sp³-hybridized carbons (Fsp3) is 0.471. The summed E-state index contributed by atoms with van der Waals surface area (Å²) in [5, 5.41) is 6.28. The normalized spacial score (nSPS) is 10.4. The largest absolute Gasteiger partial charge is 0.370 e. The van der Waals surface area contributed by atoms with Gasteiger partial charge in [0.2, 0.25) is 0 Å². The molecule has 0 aliphatic heterocycles. The summed E-state index contributed by atoms with van der Waals surface area (Å²) in [5.41, 5.74) is 2.52. The van der Waals surface area contributed by atoms with Crippen LogP contribution in [0.2, 0.25) is 0 Å². The van der Waals surface area contributed by atoms with Crippen molar-refractivity contribution in [1.29, 1.82) is 0 Å². The minimum Gasteiger partial charge on any atom is -0.370 e. The van der Waals surface area contributed by atoms with Crippen molar-refractivity contribution in [2.24, 2.45) is 4.99 Å². The van der Waals surface area contributed by atoms with E-state index in [1.165, 1.54) is 11.3 Å². The Morgan fingerprint density at radius 1 is 1.32 bits per heavy atom. The lowest BCUT2D eigenvalue weighted by Gasteiger charge is -2.22. The number of halogens is 1. The molecule has 0 heterocycles. The smallest absolute Gasteiger partial charge is 0.192 e. The van der Waals surface area contributed by atoms with Crippen molar-refractivity contribution in [3.63, 3.8) is 0 Å². The molecular weight excluding hydrogens is 387 g/mol. The molecule has 5 heteroatoms. The molecule has 0 saturated heterocycles. The molecule has 0 amide bonds. The first kappa shape index (κ1) is 20.6. The number of benzene rings is 1. The van der Waals surface area contributed by atoms with Gasteiger partial charge in [-0.2, -0.15) is 0 Å². The van der Waals surface area contributed by atoms with Crippen LogP contribution in [-0.4, -0.2) is 38.7 Å². The summed E-state index contributed by atoms with van der Waals surface area (Å²) < 4.78 is 0. The number of anilines is 1. The van der Waals surface area contributed by atoms with E-state index in [2.05, 4.69) is 64.6 Å². The van der Waals surface area contributed by atoms with Crippen molar-refractivity contribution in [2.45, 2.75) is 20.8 Å². The van der Waals surface area contributed by atoms with Crippen molar-refractivity contribution < 1.29 is 0 Å². The van der Waals surface area contributed by atoms with Gasteiger partial charge in [0.05, 0.1) is 13.1 Å². The summed E-state index contributed by atoms with van der Waals surface area (Å²) in [5.74, 6) is 3.33. The van der Waals surface area contributed by atoms with E-state index >= 15 is 0 Å². The standard InChI is InChI=1S/C17H26N4.HI/c1-5-11-19-17(18-6-2)20-12-13-21(7-3)16-10-8-9-15(4)14-16;/h1,8-10,14H,6-7,11-13H2,2-4H3,(H2,18,19,20);1H. The summed E-state index contributed by atoms with van der Waals surface area (Å²) in [6.07, 6.45) is 5.26. The Morgan fingerprint density at radius 2 is 2.09 bits per heavy atom.